The molecule has 1 atom stereocenters. The second-order valence-electron chi connectivity index (χ2n) is 7.11. The van der Waals surface area contributed by atoms with Crippen molar-refractivity contribution in [2.75, 3.05) is 25.9 Å². The molecule has 0 saturated carbocycles. The van der Waals surface area contributed by atoms with Gasteiger partial charge < -0.3 is 10.6 Å². The molecule has 0 radical (unpaired) electrons. The maximum atomic E-state index is 12.4. The fourth-order valence-corrected chi connectivity index (χ4v) is 5.82. The molecular weight excluding hydrogens is 342 g/mol. The van der Waals surface area contributed by atoms with Gasteiger partial charge in [0.15, 0.2) is 5.66 Å². The normalized spacial score (nSPS) is 28.6. The lowest BCUT2D eigenvalue weighted by Crippen LogP contribution is -2.60. The Hall–Kier alpha value is -1.50. The summed E-state index contributed by atoms with van der Waals surface area (Å²) < 4.78 is 26.2. The van der Waals surface area contributed by atoms with Gasteiger partial charge in [0.1, 0.15) is 0 Å². The number of terminal acetylenes is 1. The summed E-state index contributed by atoms with van der Waals surface area (Å²) in [7, 11) is -1.71. The summed E-state index contributed by atoms with van der Waals surface area (Å²) in [6.45, 7) is 1.50. The minimum absolute atomic E-state index is 0.0355. The first kappa shape index (κ1) is 18.3. The SMILES string of the molecule is C#CCCC1(CCC(=O)NC2CS(=O)(=O)N(C)C23CCNCC3)N=N1. The van der Waals surface area contributed by atoms with Crippen molar-refractivity contribution < 1.29 is 13.2 Å². The summed E-state index contributed by atoms with van der Waals surface area (Å²) in [6, 6.07) is -0.383. The highest BCUT2D eigenvalue weighted by molar-refractivity contribution is 7.89. The van der Waals surface area contributed by atoms with Gasteiger partial charge >= 0.3 is 0 Å². The lowest BCUT2D eigenvalue weighted by atomic mass is 9.82. The van der Waals surface area contributed by atoms with Crippen molar-refractivity contribution in [1.82, 2.24) is 14.9 Å². The molecule has 138 valence electrons. The molecule has 25 heavy (non-hydrogen) atoms. The lowest BCUT2D eigenvalue weighted by Gasteiger charge is -2.42. The topological polar surface area (TPSA) is 103 Å². The number of nitrogens with one attached hydrogen (secondary N) is 2. The monoisotopic (exact) mass is 367 g/mol. The van der Waals surface area contributed by atoms with Crippen molar-refractivity contribution in [2.45, 2.75) is 55.8 Å². The highest BCUT2D eigenvalue weighted by atomic mass is 32.2. The van der Waals surface area contributed by atoms with Crippen molar-refractivity contribution in [3.8, 4) is 12.3 Å². The Morgan fingerprint density at radius 1 is 1.36 bits per heavy atom. The van der Waals surface area contributed by atoms with Gasteiger partial charge in [-0.05, 0) is 25.9 Å². The first-order valence-corrected chi connectivity index (χ1v) is 10.3. The number of amides is 1. The van der Waals surface area contributed by atoms with Gasteiger partial charge in [0, 0.05) is 32.7 Å². The first-order valence-electron chi connectivity index (χ1n) is 8.68. The van der Waals surface area contributed by atoms with E-state index in [1.165, 1.54) is 4.31 Å². The van der Waals surface area contributed by atoms with Crippen LogP contribution in [0.25, 0.3) is 0 Å². The largest absolute Gasteiger partial charge is 0.350 e. The van der Waals surface area contributed by atoms with Gasteiger partial charge in [-0.25, -0.2) is 8.42 Å². The Kier molecular flexibility index (Phi) is 4.88. The third-order valence-electron chi connectivity index (χ3n) is 5.68. The Morgan fingerprint density at radius 3 is 2.64 bits per heavy atom. The van der Waals surface area contributed by atoms with Gasteiger partial charge in [0.25, 0.3) is 0 Å². The van der Waals surface area contributed by atoms with Gasteiger partial charge in [-0.1, -0.05) is 0 Å². The second-order valence-corrected chi connectivity index (χ2v) is 9.15. The van der Waals surface area contributed by atoms with Crippen LogP contribution in [0.3, 0.4) is 0 Å². The quantitative estimate of drug-likeness (QED) is 0.656. The summed E-state index contributed by atoms with van der Waals surface area (Å²) in [5.41, 5.74) is -1.01. The molecule has 0 bridgehead atoms. The van der Waals surface area contributed by atoms with Crippen LogP contribution in [0.15, 0.2) is 10.2 Å². The van der Waals surface area contributed by atoms with E-state index in [2.05, 4.69) is 26.8 Å². The molecule has 1 spiro atoms. The van der Waals surface area contributed by atoms with Crippen LogP contribution in [0.5, 0.6) is 0 Å². The van der Waals surface area contributed by atoms with E-state index < -0.39 is 21.2 Å². The average Bonchev–Trinajstić information content (AvgIpc) is 3.34. The van der Waals surface area contributed by atoms with E-state index in [1.807, 2.05) is 0 Å². The van der Waals surface area contributed by atoms with Crippen LogP contribution in [0, 0.1) is 12.3 Å². The molecule has 0 aliphatic carbocycles. The zero-order valence-electron chi connectivity index (χ0n) is 14.5. The molecule has 3 aliphatic rings. The third kappa shape index (κ3) is 3.57. The average molecular weight is 367 g/mol. The summed E-state index contributed by atoms with van der Waals surface area (Å²) >= 11 is 0. The Bertz CT molecular complexity index is 700. The molecule has 0 aromatic rings. The maximum Gasteiger partial charge on any atom is 0.220 e. The van der Waals surface area contributed by atoms with E-state index in [1.54, 1.807) is 7.05 Å². The van der Waals surface area contributed by atoms with E-state index in [-0.39, 0.29) is 24.1 Å². The van der Waals surface area contributed by atoms with Crippen LogP contribution in [0.4, 0.5) is 0 Å². The molecule has 0 aromatic carbocycles. The van der Waals surface area contributed by atoms with Gasteiger partial charge in [-0.2, -0.15) is 14.5 Å². The molecule has 8 nitrogen and oxygen atoms in total. The number of hydrogen-bond donors (Lipinski definition) is 2. The van der Waals surface area contributed by atoms with Gasteiger partial charge in [0.05, 0.1) is 17.3 Å². The summed E-state index contributed by atoms with van der Waals surface area (Å²) in [5, 5.41) is 14.3. The predicted molar refractivity (Wildman–Crippen MR) is 93.2 cm³/mol. The van der Waals surface area contributed by atoms with Crippen LogP contribution in [-0.2, 0) is 14.8 Å². The highest BCUT2D eigenvalue weighted by Gasteiger charge is 2.55. The number of carbonyl (C=O) groups excluding carboxylic acids is 1. The molecule has 3 rings (SSSR count). The van der Waals surface area contributed by atoms with Crippen molar-refractivity contribution in [3.63, 3.8) is 0 Å². The minimum Gasteiger partial charge on any atom is -0.350 e. The molecule has 2 fully saturated rings. The molecule has 3 aliphatic heterocycles. The summed E-state index contributed by atoms with van der Waals surface area (Å²) in [4.78, 5) is 12.4. The number of piperidine rings is 1. The van der Waals surface area contributed by atoms with Crippen LogP contribution in [0.1, 0.15) is 38.5 Å². The van der Waals surface area contributed by atoms with Gasteiger partial charge in [-0.3, -0.25) is 4.79 Å². The molecule has 2 saturated heterocycles. The number of sulfonamides is 1. The predicted octanol–water partition coefficient (Wildman–Crippen LogP) is 0.224. The van der Waals surface area contributed by atoms with Crippen LogP contribution in [0.2, 0.25) is 0 Å². The number of likely N-dealkylation sites (N-methyl/N-ethyl adjacent to an activating group) is 1. The van der Waals surface area contributed by atoms with E-state index in [4.69, 9.17) is 6.42 Å². The molecule has 2 N–H and O–H groups in total. The molecule has 1 amide bonds. The van der Waals surface area contributed by atoms with E-state index in [0.29, 0.717) is 32.1 Å². The Morgan fingerprint density at radius 2 is 2.04 bits per heavy atom. The van der Waals surface area contributed by atoms with E-state index in [0.717, 1.165) is 13.1 Å². The van der Waals surface area contributed by atoms with Crippen molar-refractivity contribution in [1.29, 1.82) is 0 Å². The van der Waals surface area contributed by atoms with Crippen molar-refractivity contribution >= 4 is 15.9 Å². The highest BCUT2D eigenvalue weighted by Crippen LogP contribution is 2.39. The number of rotatable bonds is 6. The number of carbonyl (C=O) groups is 1. The minimum atomic E-state index is -3.34. The van der Waals surface area contributed by atoms with Gasteiger partial charge in [-0.15, -0.1) is 12.3 Å². The maximum absolute atomic E-state index is 12.4. The fourth-order valence-electron chi connectivity index (χ4n) is 3.92. The van der Waals surface area contributed by atoms with E-state index >= 15 is 0 Å². The zero-order valence-corrected chi connectivity index (χ0v) is 15.3. The van der Waals surface area contributed by atoms with Crippen LogP contribution in [-0.4, -0.2) is 61.8 Å². The summed E-state index contributed by atoms with van der Waals surface area (Å²) in [5.74, 6) is 2.38. The van der Waals surface area contributed by atoms with Crippen LogP contribution >= 0.6 is 0 Å². The molecule has 0 aromatic heterocycles. The fraction of sp³-hybridized carbons (Fsp3) is 0.812. The Balaban J connectivity index is 1.61. The Labute approximate surface area is 148 Å². The second kappa shape index (κ2) is 6.67. The lowest BCUT2D eigenvalue weighted by molar-refractivity contribution is -0.122. The molecule has 9 heteroatoms. The standard InChI is InChI=1S/C16H25N5O3S/c1-3-4-6-16(19-20-16)7-5-14(22)18-13-12-25(23,24)21(2)15(13)8-10-17-11-9-15/h1,13,17H,4-12H2,2H3,(H,18,22). The van der Waals surface area contributed by atoms with Crippen molar-refractivity contribution in [2.24, 2.45) is 10.2 Å². The molecular formula is C16H25N5O3S. The zero-order chi connectivity index (χ0) is 18.1. The summed E-state index contributed by atoms with van der Waals surface area (Å²) in [6.07, 6.45) is 8.69. The van der Waals surface area contributed by atoms with Crippen molar-refractivity contribution in [3.05, 3.63) is 0 Å². The molecule has 3 heterocycles. The molecule has 1 unspecified atom stereocenters. The number of hydrogen-bond acceptors (Lipinski definition) is 6. The third-order valence-corrected chi connectivity index (χ3v) is 7.63. The van der Waals surface area contributed by atoms with E-state index in [9.17, 15) is 13.2 Å². The first-order chi connectivity index (χ1) is 11.8. The van der Waals surface area contributed by atoms with Gasteiger partial charge in [0.2, 0.25) is 15.9 Å². The van der Waals surface area contributed by atoms with Crippen LogP contribution < -0.4 is 10.6 Å². The number of nitrogens with zero attached hydrogens (tertiary/aromatic N) is 3. The smallest absolute Gasteiger partial charge is 0.220 e.